The van der Waals surface area contributed by atoms with Crippen LogP contribution in [-0.4, -0.2) is 17.6 Å². The molecule has 0 spiro atoms. The summed E-state index contributed by atoms with van der Waals surface area (Å²) in [6, 6.07) is 1.75. The van der Waals surface area contributed by atoms with Gasteiger partial charge in [-0.1, -0.05) is 0 Å². The van der Waals surface area contributed by atoms with Gasteiger partial charge in [0.15, 0.2) is 0 Å². The molecule has 0 aliphatic carbocycles. The van der Waals surface area contributed by atoms with Crippen LogP contribution in [0.15, 0.2) is 21.5 Å². The van der Waals surface area contributed by atoms with Crippen molar-refractivity contribution < 1.29 is 9.53 Å². The summed E-state index contributed by atoms with van der Waals surface area (Å²) in [5.41, 5.74) is -0.184. The maximum Gasteiger partial charge on any atom is 0.313 e. The topological polar surface area (TPSA) is 48.3 Å². The Hall–Kier alpha value is -1.10. The third-order valence-electron chi connectivity index (χ3n) is 2.54. The SMILES string of the molecule is COC(=O)C(C)(C)Cn1cc(Br)cc(C)c1=O. The van der Waals surface area contributed by atoms with Gasteiger partial charge in [-0.25, -0.2) is 0 Å². The van der Waals surface area contributed by atoms with E-state index >= 15 is 0 Å². The zero-order valence-electron chi connectivity index (χ0n) is 10.4. The average molecular weight is 302 g/mol. The fraction of sp³-hybridized carbons (Fsp3) is 0.500. The molecule has 0 aliphatic heterocycles. The van der Waals surface area contributed by atoms with Crippen molar-refractivity contribution in [1.29, 1.82) is 0 Å². The van der Waals surface area contributed by atoms with Crippen molar-refractivity contribution in [2.45, 2.75) is 27.3 Å². The first-order valence-corrected chi connectivity index (χ1v) is 6.02. The summed E-state index contributed by atoms with van der Waals surface area (Å²) in [4.78, 5) is 23.5. The Labute approximate surface area is 109 Å². The van der Waals surface area contributed by atoms with E-state index in [1.54, 1.807) is 33.0 Å². The molecule has 0 N–H and O–H groups in total. The predicted octanol–water partition coefficient (Wildman–Crippen LogP) is 2.12. The van der Waals surface area contributed by atoms with Crippen molar-refractivity contribution in [2.75, 3.05) is 7.11 Å². The van der Waals surface area contributed by atoms with Crippen LogP contribution in [0.2, 0.25) is 0 Å². The number of hydrogen-bond donors (Lipinski definition) is 0. The summed E-state index contributed by atoms with van der Waals surface area (Å²) in [6.45, 7) is 5.54. The molecule has 0 aromatic carbocycles. The number of carbonyl (C=O) groups excluding carboxylic acids is 1. The molecule has 1 aromatic heterocycles. The highest BCUT2D eigenvalue weighted by Crippen LogP contribution is 2.20. The van der Waals surface area contributed by atoms with Crippen molar-refractivity contribution >= 4 is 21.9 Å². The molecule has 1 heterocycles. The van der Waals surface area contributed by atoms with E-state index in [-0.39, 0.29) is 11.5 Å². The Morgan fingerprint density at radius 3 is 2.65 bits per heavy atom. The van der Waals surface area contributed by atoms with Gasteiger partial charge in [-0.3, -0.25) is 9.59 Å². The molecule has 94 valence electrons. The molecule has 0 radical (unpaired) electrons. The normalized spacial score (nSPS) is 11.4. The second-order valence-corrected chi connectivity index (χ2v) is 5.57. The fourth-order valence-electron chi connectivity index (χ4n) is 1.62. The summed E-state index contributed by atoms with van der Waals surface area (Å²) in [7, 11) is 1.35. The number of aromatic nitrogens is 1. The summed E-state index contributed by atoms with van der Waals surface area (Å²) in [5, 5.41) is 0. The van der Waals surface area contributed by atoms with E-state index in [1.807, 2.05) is 0 Å². The van der Waals surface area contributed by atoms with Crippen LogP contribution in [-0.2, 0) is 16.1 Å². The molecule has 0 amide bonds. The number of ether oxygens (including phenoxy) is 1. The zero-order valence-corrected chi connectivity index (χ0v) is 12.0. The quantitative estimate of drug-likeness (QED) is 0.804. The Balaban J connectivity index is 3.12. The monoisotopic (exact) mass is 301 g/mol. The van der Waals surface area contributed by atoms with Crippen LogP contribution < -0.4 is 5.56 Å². The van der Waals surface area contributed by atoms with Crippen molar-refractivity contribution in [3.05, 3.63) is 32.7 Å². The molecule has 0 bridgehead atoms. The number of carbonyl (C=O) groups is 1. The molecule has 0 atom stereocenters. The highest BCUT2D eigenvalue weighted by atomic mass is 79.9. The first kappa shape index (κ1) is 14.0. The van der Waals surface area contributed by atoms with Gasteiger partial charge in [0.1, 0.15) is 0 Å². The molecule has 1 aromatic rings. The number of halogens is 1. The molecule has 17 heavy (non-hydrogen) atoms. The van der Waals surface area contributed by atoms with Gasteiger partial charge in [0, 0.05) is 22.8 Å². The number of esters is 1. The standard InChI is InChI=1S/C12H16BrNO3/c1-8-5-9(13)6-14(10(8)15)7-12(2,3)11(16)17-4/h5-6H,7H2,1-4H3. The summed E-state index contributed by atoms with van der Waals surface area (Å²) >= 11 is 3.33. The van der Waals surface area contributed by atoms with E-state index in [0.717, 1.165) is 4.47 Å². The number of aryl methyl sites for hydroxylation is 1. The summed E-state index contributed by atoms with van der Waals surface area (Å²) in [6.07, 6.45) is 1.68. The van der Waals surface area contributed by atoms with Gasteiger partial charge in [0.05, 0.1) is 12.5 Å². The Morgan fingerprint density at radius 2 is 2.12 bits per heavy atom. The van der Waals surface area contributed by atoms with Crippen LogP contribution in [0, 0.1) is 12.3 Å². The van der Waals surface area contributed by atoms with Crippen molar-refractivity contribution in [2.24, 2.45) is 5.41 Å². The van der Waals surface area contributed by atoms with E-state index in [4.69, 9.17) is 4.74 Å². The third kappa shape index (κ3) is 3.19. The van der Waals surface area contributed by atoms with Crippen LogP contribution in [0.4, 0.5) is 0 Å². The summed E-state index contributed by atoms with van der Waals surface area (Å²) < 4.78 is 7.06. The number of nitrogens with zero attached hydrogens (tertiary/aromatic N) is 1. The van der Waals surface area contributed by atoms with Crippen LogP contribution in [0.5, 0.6) is 0 Å². The molecule has 0 saturated heterocycles. The van der Waals surface area contributed by atoms with Gasteiger partial charge in [0.2, 0.25) is 0 Å². The first-order chi connectivity index (χ1) is 7.77. The molecule has 0 aliphatic rings. The largest absolute Gasteiger partial charge is 0.469 e. The van der Waals surface area contributed by atoms with Gasteiger partial charge < -0.3 is 9.30 Å². The fourth-order valence-corrected chi connectivity index (χ4v) is 2.21. The van der Waals surface area contributed by atoms with Crippen LogP contribution >= 0.6 is 15.9 Å². The Kier molecular flexibility index (Phi) is 4.14. The number of hydrogen-bond acceptors (Lipinski definition) is 3. The summed E-state index contributed by atoms with van der Waals surface area (Å²) in [5.74, 6) is -0.331. The highest BCUT2D eigenvalue weighted by molar-refractivity contribution is 9.10. The smallest absolute Gasteiger partial charge is 0.313 e. The Morgan fingerprint density at radius 1 is 1.53 bits per heavy atom. The van der Waals surface area contributed by atoms with E-state index in [1.165, 1.54) is 11.7 Å². The number of rotatable bonds is 3. The minimum absolute atomic E-state index is 0.0924. The Bertz CT molecular complexity index is 491. The van der Waals surface area contributed by atoms with E-state index in [0.29, 0.717) is 12.1 Å². The number of pyridine rings is 1. The van der Waals surface area contributed by atoms with Gasteiger partial charge in [-0.15, -0.1) is 0 Å². The van der Waals surface area contributed by atoms with Gasteiger partial charge in [-0.2, -0.15) is 0 Å². The van der Waals surface area contributed by atoms with Crippen LogP contribution in [0.3, 0.4) is 0 Å². The lowest BCUT2D eigenvalue weighted by Gasteiger charge is -2.22. The molecule has 0 unspecified atom stereocenters. The lowest BCUT2D eigenvalue weighted by atomic mass is 9.93. The minimum atomic E-state index is -0.730. The van der Waals surface area contributed by atoms with Crippen LogP contribution in [0.1, 0.15) is 19.4 Å². The van der Waals surface area contributed by atoms with Gasteiger partial charge in [-0.05, 0) is 42.8 Å². The van der Waals surface area contributed by atoms with Crippen molar-refractivity contribution in [3.63, 3.8) is 0 Å². The van der Waals surface area contributed by atoms with E-state index < -0.39 is 5.41 Å². The molecule has 0 fully saturated rings. The molecule has 0 saturated carbocycles. The molecule has 5 heteroatoms. The van der Waals surface area contributed by atoms with Crippen molar-refractivity contribution in [3.8, 4) is 0 Å². The van der Waals surface area contributed by atoms with Crippen LogP contribution in [0.25, 0.3) is 0 Å². The maximum atomic E-state index is 11.9. The minimum Gasteiger partial charge on any atom is -0.469 e. The predicted molar refractivity (Wildman–Crippen MR) is 68.9 cm³/mol. The zero-order chi connectivity index (χ0) is 13.2. The average Bonchev–Trinajstić information content (AvgIpc) is 2.23. The lowest BCUT2D eigenvalue weighted by Crippen LogP contribution is -2.35. The first-order valence-electron chi connectivity index (χ1n) is 5.23. The maximum absolute atomic E-state index is 11.9. The number of methoxy groups -OCH3 is 1. The molecular weight excluding hydrogens is 286 g/mol. The second kappa shape index (κ2) is 5.04. The van der Waals surface area contributed by atoms with Gasteiger partial charge >= 0.3 is 5.97 Å². The third-order valence-corrected chi connectivity index (χ3v) is 2.97. The van der Waals surface area contributed by atoms with E-state index in [2.05, 4.69) is 15.9 Å². The molecular formula is C12H16BrNO3. The van der Waals surface area contributed by atoms with Gasteiger partial charge in [0.25, 0.3) is 5.56 Å². The highest BCUT2D eigenvalue weighted by Gasteiger charge is 2.29. The van der Waals surface area contributed by atoms with Crippen molar-refractivity contribution in [1.82, 2.24) is 4.57 Å². The lowest BCUT2D eigenvalue weighted by molar-refractivity contribution is -0.151. The second-order valence-electron chi connectivity index (χ2n) is 4.65. The van der Waals surface area contributed by atoms with E-state index in [9.17, 15) is 9.59 Å². The molecule has 4 nitrogen and oxygen atoms in total. The molecule has 1 rings (SSSR count).